The molecule has 1 aromatic carbocycles. The average molecular weight is 202 g/mol. The van der Waals surface area contributed by atoms with E-state index in [1.165, 1.54) is 23.5 Å². The summed E-state index contributed by atoms with van der Waals surface area (Å²) in [5.74, 6) is 2.33. The molecule has 1 aromatic heterocycles. The van der Waals surface area contributed by atoms with Crippen molar-refractivity contribution in [2.75, 3.05) is 0 Å². The van der Waals surface area contributed by atoms with E-state index in [0.717, 1.165) is 16.0 Å². The van der Waals surface area contributed by atoms with Crippen molar-refractivity contribution >= 4 is 11.3 Å². The van der Waals surface area contributed by atoms with Crippen molar-refractivity contribution in [2.24, 2.45) is 0 Å². The molecule has 0 saturated carbocycles. The SMILES string of the molecule is C#Cc1cc(-c2cccc(F)c2)cs1. The van der Waals surface area contributed by atoms with Crippen molar-refractivity contribution in [3.63, 3.8) is 0 Å². The van der Waals surface area contributed by atoms with Crippen molar-refractivity contribution < 1.29 is 4.39 Å². The fraction of sp³-hybridized carbons (Fsp3) is 0. The van der Waals surface area contributed by atoms with E-state index in [0.29, 0.717) is 0 Å². The molecule has 0 aliphatic carbocycles. The standard InChI is InChI=1S/C12H7FS/c1-2-12-7-10(8-14-12)9-4-3-5-11(13)6-9/h1,3-8H. The topological polar surface area (TPSA) is 0 Å². The van der Waals surface area contributed by atoms with Gasteiger partial charge in [0.05, 0.1) is 4.88 Å². The Morgan fingerprint density at radius 1 is 1.21 bits per heavy atom. The zero-order valence-corrected chi connectivity index (χ0v) is 8.14. The van der Waals surface area contributed by atoms with Crippen LogP contribution in [0.2, 0.25) is 0 Å². The molecular weight excluding hydrogens is 195 g/mol. The summed E-state index contributed by atoms with van der Waals surface area (Å²) in [5.41, 5.74) is 1.84. The first-order valence-corrected chi connectivity index (χ1v) is 4.98. The molecule has 2 aromatic rings. The van der Waals surface area contributed by atoms with Crippen LogP contribution in [0.4, 0.5) is 4.39 Å². The highest BCUT2D eigenvalue weighted by Crippen LogP contribution is 2.25. The zero-order valence-electron chi connectivity index (χ0n) is 7.33. The van der Waals surface area contributed by atoms with Gasteiger partial charge in [-0.15, -0.1) is 17.8 Å². The van der Waals surface area contributed by atoms with E-state index in [1.54, 1.807) is 6.07 Å². The lowest BCUT2D eigenvalue weighted by Gasteiger charge is -1.96. The van der Waals surface area contributed by atoms with Crippen LogP contribution in [0.5, 0.6) is 0 Å². The van der Waals surface area contributed by atoms with Crippen molar-refractivity contribution in [2.45, 2.75) is 0 Å². The Hall–Kier alpha value is -1.59. The minimum atomic E-state index is -0.226. The molecule has 0 radical (unpaired) electrons. The number of benzene rings is 1. The maximum Gasteiger partial charge on any atom is 0.123 e. The van der Waals surface area contributed by atoms with Gasteiger partial charge in [-0.05, 0) is 34.7 Å². The molecule has 0 N–H and O–H groups in total. The highest BCUT2D eigenvalue weighted by molar-refractivity contribution is 7.11. The molecule has 0 saturated heterocycles. The molecule has 0 aliphatic heterocycles. The van der Waals surface area contributed by atoms with Crippen LogP contribution in [0, 0.1) is 18.2 Å². The minimum absolute atomic E-state index is 0.226. The highest BCUT2D eigenvalue weighted by atomic mass is 32.1. The molecule has 0 bridgehead atoms. The van der Waals surface area contributed by atoms with E-state index in [2.05, 4.69) is 5.92 Å². The van der Waals surface area contributed by atoms with Crippen LogP contribution in [-0.4, -0.2) is 0 Å². The summed E-state index contributed by atoms with van der Waals surface area (Å²) in [6.07, 6.45) is 5.26. The molecule has 2 heteroatoms. The molecule has 1 heterocycles. The van der Waals surface area contributed by atoms with Crippen molar-refractivity contribution in [3.8, 4) is 23.5 Å². The third kappa shape index (κ3) is 1.68. The smallest absolute Gasteiger partial charge is 0.123 e. The Balaban J connectivity index is 2.45. The molecule has 0 atom stereocenters. The van der Waals surface area contributed by atoms with Gasteiger partial charge in [0.2, 0.25) is 0 Å². The number of halogens is 1. The first kappa shape index (κ1) is 8.98. The number of terminal acetylenes is 1. The van der Waals surface area contributed by atoms with Crippen LogP contribution >= 0.6 is 11.3 Å². The molecule has 68 valence electrons. The van der Waals surface area contributed by atoms with E-state index < -0.39 is 0 Å². The Labute approximate surface area is 86.0 Å². The number of hydrogen-bond acceptors (Lipinski definition) is 1. The number of hydrogen-bond donors (Lipinski definition) is 0. The molecule has 0 spiro atoms. The van der Waals surface area contributed by atoms with Crippen LogP contribution < -0.4 is 0 Å². The third-order valence-electron chi connectivity index (χ3n) is 1.90. The van der Waals surface area contributed by atoms with E-state index >= 15 is 0 Å². The molecule has 2 rings (SSSR count). The van der Waals surface area contributed by atoms with Crippen molar-refractivity contribution in [3.05, 3.63) is 46.4 Å². The number of rotatable bonds is 1. The minimum Gasteiger partial charge on any atom is -0.207 e. The Bertz CT molecular complexity index is 491. The quantitative estimate of drug-likeness (QED) is 0.620. The fourth-order valence-electron chi connectivity index (χ4n) is 1.23. The predicted octanol–water partition coefficient (Wildman–Crippen LogP) is 3.54. The molecule has 14 heavy (non-hydrogen) atoms. The third-order valence-corrected chi connectivity index (χ3v) is 2.76. The highest BCUT2D eigenvalue weighted by Gasteiger charge is 2.01. The van der Waals surface area contributed by atoms with Gasteiger partial charge in [0.1, 0.15) is 5.82 Å². The van der Waals surface area contributed by atoms with Crippen molar-refractivity contribution in [1.29, 1.82) is 0 Å². The Morgan fingerprint density at radius 2 is 2.07 bits per heavy atom. The average Bonchev–Trinajstić information content (AvgIpc) is 2.66. The summed E-state index contributed by atoms with van der Waals surface area (Å²) in [7, 11) is 0. The summed E-state index contributed by atoms with van der Waals surface area (Å²) < 4.78 is 12.9. The van der Waals surface area contributed by atoms with E-state index in [9.17, 15) is 4.39 Å². The largest absolute Gasteiger partial charge is 0.207 e. The monoisotopic (exact) mass is 202 g/mol. The van der Waals surface area contributed by atoms with Crippen LogP contribution in [0.25, 0.3) is 11.1 Å². The van der Waals surface area contributed by atoms with Gasteiger partial charge in [-0.3, -0.25) is 0 Å². The van der Waals surface area contributed by atoms with E-state index in [-0.39, 0.29) is 5.82 Å². The zero-order chi connectivity index (χ0) is 9.97. The van der Waals surface area contributed by atoms with Gasteiger partial charge in [0.15, 0.2) is 0 Å². The van der Waals surface area contributed by atoms with Gasteiger partial charge in [-0.25, -0.2) is 4.39 Å². The van der Waals surface area contributed by atoms with Gasteiger partial charge in [0.25, 0.3) is 0 Å². The summed E-state index contributed by atoms with van der Waals surface area (Å²) >= 11 is 1.49. The normalized spacial score (nSPS) is 9.71. The maximum absolute atomic E-state index is 12.9. The summed E-state index contributed by atoms with van der Waals surface area (Å²) in [4.78, 5) is 0.865. The van der Waals surface area contributed by atoms with E-state index in [1.807, 2.05) is 17.5 Å². The predicted molar refractivity (Wildman–Crippen MR) is 57.6 cm³/mol. The van der Waals surface area contributed by atoms with Gasteiger partial charge < -0.3 is 0 Å². The Kier molecular flexibility index (Phi) is 2.34. The second-order valence-electron chi connectivity index (χ2n) is 2.85. The van der Waals surface area contributed by atoms with Gasteiger partial charge in [-0.2, -0.15) is 0 Å². The summed E-state index contributed by atoms with van der Waals surface area (Å²) in [6, 6.07) is 8.38. The molecular formula is C12H7FS. The van der Waals surface area contributed by atoms with Crippen molar-refractivity contribution in [1.82, 2.24) is 0 Å². The van der Waals surface area contributed by atoms with Gasteiger partial charge in [-0.1, -0.05) is 18.1 Å². The second kappa shape index (κ2) is 3.65. The molecule has 0 aliphatic rings. The van der Waals surface area contributed by atoms with Crippen LogP contribution in [-0.2, 0) is 0 Å². The first-order valence-electron chi connectivity index (χ1n) is 4.10. The van der Waals surface area contributed by atoms with Gasteiger partial charge >= 0.3 is 0 Å². The molecule has 0 fully saturated rings. The Morgan fingerprint density at radius 3 is 2.71 bits per heavy atom. The van der Waals surface area contributed by atoms with Crippen LogP contribution in [0.3, 0.4) is 0 Å². The number of thiophene rings is 1. The lowest BCUT2D eigenvalue weighted by molar-refractivity contribution is 0.628. The lowest BCUT2D eigenvalue weighted by Crippen LogP contribution is -1.76. The lowest BCUT2D eigenvalue weighted by atomic mass is 10.1. The molecule has 0 unspecified atom stereocenters. The van der Waals surface area contributed by atoms with Gasteiger partial charge in [0, 0.05) is 0 Å². The van der Waals surface area contributed by atoms with Crippen LogP contribution in [0.1, 0.15) is 4.88 Å². The van der Waals surface area contributed by atoms with E-state index in [4.69, 9.17) is 6.42 Å². The van der Waals surface area contributed by atoms with Crippen LogP contribution in [0.15, 0.2) is 35.7 Å². The summed E-state index contributed by atoms with van der Waals surface area (Å²) in [5, 5.41) is 1.93. The second-order valence-corrected chi connectivity index (χ2v) is 3.77. The summed E-state index contributed by atoms with van der Waals surface area (Å²) in [6.45, 7) is 0. The molecule has 0 nitrogen and oxygen atoms in total. The molecule has 0 amide bonds. The fourth-order valence-corrected chi connectivity index (χ4v) is 1.95. The maximum atomic E-state index is 12.9. The first-order chi connectivity index (χ1) is 6.79.